The first-order valence-electron chi connectivity index (χ1n) is 9.16. The Morgan fingerprint density at radius 3 is 2.71 bits per heavy atom. The van der Waals surface area contributed by atoms with Crippen molar-refractivity contribution >= 4 is 23.4 Å². The van der Waals surface area contributed by atoms with E-state index in [1.165, 1.54) is 0 Å². The Hall–Kier alpha value is -2.73. The van der Waals surface area contributed by atoms with Gasteiger partial charge in [-0.3, -0.25) is 9.59 Å². The number of rotatable bonds is 5. The monoisotopic (exact) mass is 400 g/mol. The highest BCUT2D eigenvalue weighted by Gasteiger charge is 2.55. The summed E-state index contributed by atoms with van der Waals surface area (Å²) in [6, 6.07) is 14.5. The van der Waals surface area contributed by atoms with E-state index in [9.17, 15) is 9.59 Å². The van der Waals surface area contributed by atoms with Crippen LogP contribution in [0.3, 0.4) is 0 Å². The van der Waals surface area contributed by atoms with E-state index in [0.29, 0.717) is 22.9 Å². The van der Waals surface area contributed by atoms with Crippen LogP contribution in [0.25, 0.3) is 0 Å². The Morgan fingerprint density at radius 1 is 1.29 bits per heavy atom. The first-order valence-corrected chi connectivity index (χ1v) is 9.54. The Bertz CT molecular complexity index is 917. The SMILES string of the molecule is CC12CC(c3ccccc3O1)C(C(N)=O)C(=O)N2CCOc1ccc(Cl)cc1. The number of nitrogens with two attached hydrogens (primary N) is 1. The number of piperidine rings is 1. The molecule has 6 nitrogen and oxygen atoms in total. The molecule has 28 heavy (non-hydrogen) atoms. The van der Waals surface area contributed by atoms with E-state index >= 15 is 0 Å². The van der Waals surface area contributed by atoms with Gasteiger partial charge in [0.15, 0.2) is 5.72 Å². The second kappa shape index (κ2) is 7.02. The summed E-state index contributed by atoms with van der Waals surface area (Å²) in [6.45, 7) is 2.40. The first kappa shape index (κ1) is 18.6. The van der Waals surface area contributed by atoms with Crippen LogP contribution in [0.2, 0.25) is 5.02 Å². The van der Waals surface area contributed by atoms with Crippen molar-refractivity contribution in [3.05, 3.63) is 59.1 Å². The fraction of sp³-hybridized carbons (Fsp3) is 0.333. The van der Waals surface area contributed by atoms with E-state index in [4.69, 9.17) is 26.8 Å². The number of likely N-dealkylation sites (tertiary alicyclic amines) is 1. The quantitative estimate of drug-likeness (QED) is 0.782. The molecular formula is C21H21ClN2O4. The molecule has 2 bridgehead atoms. The number of fused-ring (bicyclic) bond motifs is 4. The molecule has 2 aromatic carbocycles. The lowest BCUT2D eigenvalue weighted by Gasteiger charge is -2.52. The topological polar surface area (TPSA) is 81.9 Å². The zero-order valence-electron chi connectivity index (χ0n) is 15.4. The van der Waals surface area contributed by atoms with Crippen LogP contribution in [-0.4, -0.2) is 35.6 Å². The van der Waals surface area contributed by atoms with E-state index in [1.54, 1.807) is 29.2 Å². The molecular weight excluding hydrogens is 380 g/mol. The summed E-state index contributed by atoms with van der Waals surface area (Å²) in [5.74, 6) is -0.790. The van der Waals surface area contributed by atoms with Crippen LogP contribution in [0.4, 0.5) is 0 Å². The Kier molecular flexibility index (Phi) is 4.67. The normalized spacial score (nSPS) is 25.6. The Labute approximate surface area is 168 Å². The molecule has 2 N–H and O–H groups in total. The lowest BCUT2D eigenvalue weighted by molar-refractivity contribution is -0.176. The molecule has 0 radical (unpaired) electrons. The lowest BCUT2D eigenvalue weighted by atomic mass is 9.73. The minimum absolute atomic E-state index is 0.254. The zero-order valence-corrected chi connectivity index (χ0v) is 16.2. The van der Waals surface area contributed by atoms with Gasteiger partial charge in [-0.25, -0.2) is 0 Å². The standard InChI is InChI=1S/C21H21ClN2O4/c1-21-12-16(15-4-2-3-5-17(15)28-21)18(19(23)25)20(26)24(21)10-11-27-14-8-6-13(22)7-9-14/h2-9,16,18H,10-12H2,1H3,(H2,23,25). The fourth-order valence-corrected chi connectivity index (χ4v) is 4.29. The molecule has 0 aromatic heterocycles. The van der Waals surface area contributed by atoms with Crippen molar-refractivity contribution in [2.24, 2.45) is 11.7 Å². The predicted octanol–water partition coefficient (Wildman–Crippen LogP) is 2.95. The van der Waals surface area contributed by atoms with Crippen LogP contribution in [0.5, 0.6) is 11.5 Å². The van der Waals surface area contributed by atoms with E-state index < -0.39 is 17.6 Å². The summed E-state index contributed by atoms with van der Waals surface area (Å²) in [4.78, 5) is 26.9. The molecule has 3 unspecified atom stereocenters. The molecule has 2 heterocycles. The van der Waals surface area contributed by atoms with Crippen LogP contribution < -0.4 is 15.2 Å². The summed E-state index contributed by atoms with van der Waals surface area (Å²) >= 11 is 5.88. The van der Waals surface area contributed by atoms with Gasteiger partial charge in [0.25, 0.3) is 0 Å². The highest BCUT2D eigenvalue weighted by Crippen LogP contribution is 2.49. The van der Waals surface area contributed by atoms with Gasteiger partial charge >= 0.3 is 0 Å². The molecule has 2 aliphatic heterocycles. The number of carbonyl (C=O) groups is 2. The molecule has 0 spiro atoms. The minimum Gasteiger partial charge on any atom is -0.492 e. The maximum Gasteiger partial charge on any atom is 0.238 e. The third-order valence-electron chi connectivity index (χ3n) is 5.46. The van der Waals surface area contributed by atoms with Gasteiger partial charge in [-0.05, 0) is 42.8 Å². The molecule has 3 atom stereocenters. The van der Waals surface area contributed by atoms with Gasteiger partial charge in [0, 0.05) is 17.4 Å². The molecule has 7 heteroatoms. The van der Waals surface area contributed by atoms with Crippen LogP contribution in [0.15, 0.2) is 48.5 Å². The average Bonchev–Trinajstić information content (AvgIpc) is 2.65. The molecule has 2 aromatic rings. The zero-order chi connectivity index (χ0) is 19.9. The van der Waals surface area contributed by atoms with E-state index in [1.807, 2.05) is 31.2 Å². The van der Waals surface area contributed by atoms with Gasteiger partial charge in [-0.15, -0.1) is 0 Å². The number of primary amides is 1. The molecule has 1 saturated heterocycles. The molecule has 4 rings (SSSR count). The second-order valence-electron chi connectivity index (χ2n) is 7.30. The van der Waals surface area contributed by atoms with Crippen molar-refractivity contribution < 1.29 is 19.1 Å². The predicted molar refractivity (Wildman–Crippen MR) is 104 cm³/mol. The summed E-state index contributed by atoms with van der Waals surface area (Å²) in [5.41, 5.74) is 5.62. The first-order chi connectivity index (χ1) is 13.4. The number of halogens is 1. The fourth-order valence-electron chi connectivity index (χ4n) is 4.16. The van der Waals surface area contributed by atoms with Crippen LogP contribution in [-0.2, 0) is 9.59 Å². The van der Waals surface area contributed by atoms with Crippen molar-refractivity contribution in [1.29, 1.82) is 0 Å². The third-order valence-corrected chi connectivity index (χ3v) is 5.71. The Morgan fingerprint density at radius 2 is 2.00 bits per heavy atom. The van der Waals surface area contributed by atoms with Gasteiger partial charge in [-0.1, -0.05) is 29.8 Å². The highest BCUT2D eigenvalue weighted by molar-refractivity contribution is 6.30. The number of benzene rings is 2. The van der Waals surface area contributed by atoms with Gasteiger partial charge in [0.2, 0.25) is 11.8 Å². The maximum atomic E-state index is 13.2. The number of hydrogen-bond acceptors (Lipinski definition) is 4. The molecule has 1 fully saturated rings. The minimum atomic E-state index is -0.909. The largest absolute Gasteiger partial charge is 0.492 e. The maximum absolute atomic E-state index is 13.2. The van der Waals surface area contributed by atoms with Crippen LogP contribution >= 0.6 is 11.6 Å². The lowest BCUT2D eigenvalue weighted by Crippen LogP contribution is -2.65. The van der Waals surface area contributed by atoms with E-state index in [0.717, 1.165) is 5.56 Å². The van der Waals surface area contributed by atoms with Gasteiger partial charge < -0.3 is 20.1 Å². The van der Waals surface area contributed by atoms with Gasteiger partial charge in [-0.2, -0.15) is 0 Å². The average molecular weight is 401 g/mol. The molecule has 0 aliphatic carbocycles. The molecule has 0 saturated carbocycles. The number of nitrogens with zero attached hydrogens (tertiary/aromatic N) is 1. The van der Waals surface area contributed by atoms with Crippen molar-refractivity contribution in [2.75, 3.05) is 13.2 Å². The number of para-hydroxylation sites is 1. The summed E-state index contributed by atoms with van der Waals surface area (Å²) < 4.78 is 11.9. The summed E-state index contributed by atoms with van der Waals surface area (Å²) in [5, 5.41) is 0.621. The van der Waals surface area contributed by atoms with Gasteiger partial charge in [0.05, 0.1) is 6.54 Å². The van der Waals surface area contributed by atoms with E-state index in [-0.39, 0.29) is 25.0 Å². The van der Waals surface area contributed by atoms with Crippen molar-refractivity contribution in [1.82, 2.24) is 4.90 Å². The van der Waals surface area contributed by atoms with Crippen LogP contribution in [0, 0.1) is 5.92 Å². The number of hydrogen-bond donors (Lipinski definition) is 1. The summed E-state index contributed by atoms with van der Waals surface area (Å²) in [7, 11) is 0. The molecule has 2 aliphatic rings. The van der Waals surface area contributed by atoms with Crippen molar-refractivity contribution in [2.45, 2.75) is 25.0 Å². The van der Waals surface area contributed by atoms with E-state index in [2.05, 4.69) is 0 Å². The Balaban J connectivity index is 1.58. The van der Waals surface area contributed by atoms with Crippen molar-refractivity contribution in [3.8, 4) is 11.5 Å². The van der Waals surface area contributed by atoms with Crippen molar-refractivity contribution in [3.63, 3.8) is 0 Å². The molecule has 146 valence electrons. The number of ether oxygens (including phenoxy) is 2. The smallest absolute Gasteiger partial charge is 0.238 e. The molecule has 2 amide bonds. The number of amides is 2. The highest BCUT2D eigenvalue weighted by atomic mass is 35.5. The van der Waals surface area contributed by atoms with Gasteiger partial charge in [0.1, 0.15) is 24.0 Å². The number of carbonyl (C=O) groups excluding carboxylic acids is 2. The summed E-state index contributed by atoms with van der Waals surface area (Å²) in [6.07, 6.45) is 0.504. The second-order valence-corrected chi connectivity index (χ2v) is 7.73. The third kappa shape index (κ3) is 3.18. The van der Waals surface area contributed by atoms with Crippen LogP contribution in [0.1, 0.15) is 24.8 Å².